The predicted octanol–water partition coefficient (Wildman–Crippen LogP) is 4.23. The quantitative estimate of drug-likeness (QED) is 0.577. The molecular formula is C27H31N7O2. The molecule has 1 N–H and O–H groups in total. The molecular weight excluding hydrogens is 454 g/mol. The second-order valence-electron chi connectivity index (χ2n) is 9.68. The summed E-state index contributed by atoms with van der Waals surface area (Å²) in [4.78, 5) is 46.7. The first-order chi connectivity index (χ1) is 17.4. The first-order valence-corrected chi connectivity index (χ1v) is 12.5. The van der Waals surface area contributed by atoms with Crippen molar-refractivity contribution in [3.8, 4) is 11.3 Å². The maximum Gasteiger partial charge on any atom is 0.227 e. The highest BCUT2D eigenvalue weighted by Gasteiger charge is 2.30. The van der Waals surface area contributed by atoms with E-state index in [0.717, 1.165) is 47.6 Å². The number of aryl methyl sites for hydroxylation is 1. The molecule has 0 aromatic carbocycles. The lowest BCUT2D eigenvalue weighted by molar-refractivity contribution is -0.132. The van der Waals surface area contributed by atoms with Crippen molar-refractivity contribution in [2.45, 2.75) is 58.4 Å². The molecule has 186 valence electrons. The van der Waals surface area contributed by atoms with E-state index in [-0.39, 0.29) is 23.8 Å². The van der Waals surface area contributed by atoms with E-state index in [2.05, 4.69) is 22.2 Å². The zero-order valence-corrected chi connectivity index (χ0v) is 20.9. The summed E-state index contributed by atoms with van der Waals surface area (Å²) in [5.41, 5.74) is 4.11. The molecule has 0 radical (unpaired) electrons. The van der Waals surface area contributed by atoms with E-state index in [1.807, 2.05) is 36.1 Å². The smallest absolute Gasteiger partial charge is 0.227 e. The highest BCUT2D eigenvalue weighted by atomic mass is 16.2. The number of aromatic nitrogens is 4. The van der Waals surface area contributed by atoms with Crippen molar-refractivity contribution in [2.75, 3.05) is 23.3 Å². The molecule has 5 rings (SSSR count). The van der Waals surface area contributed by atoms with E-state index in [1.54, 1.807) is 30.4 Å². The van der Waals surface area contributed by atoms with Gasteiger partial charge in [-0.1, -0.05) is 0 Å². The van der Waals surface area contributed by atoms with Crippen LogP contribution in [0.2, 0.25) is 0 Å². The summed E-state index contributed by atoms with van der Waals surface area (Å²) in [5.74, 6) is 1.58. The molecule has 9 heteroatoms. The van der Waals surface area contributed by atoms with Crippen molar-refractivity contribution in [3.05, 3.63) is 54.4 Å². The van der Waals surface area contributed by atoms with Crippen molar-refractivity contribution in [3.63, 3.8) is 0 Å². The molecule has 3 aromatic rings. The third-order valence-electron chi connectivity index (χ3n) is 6.97. The molecule has 2 fully saturated rings. The molecule has 2 aliphatic rings. The van der Waals surface area contributed by atoms with Crippen LogP contribution in [0, 0.1) is 6.92 Å². The van der Waals surface area contributed by atoms with Crippen molar-refractivity contribution >= 4 is 29.0 Å². The third-order valence-corrected chi connectivity index (χ3v) is 6.97. The molecule has 2 aliphatic heterocycles. The molecule has 0 bridgehead atoms. The number of piperidine rings is 1. The highest BCUT2D eigenvalue weighted by Crippen LogP contribution is 2.32. The second-order valence-corrected chi connectivity index (χ2v) is 9.68. The fourth-order valence-corrected chi connectivity index (χ4v) is 5.02. The van der Waals surface area contributed by atoms with E-state index < -0.39 is 0 Å². The van der Waals surface area contributed by atoms with Gasteiger partial charge in [-0.05, 0) is 51.3 Å². The van der Waals surface area contributed by atoms with Gasteiger partial charge in [0.15, 0.2) is 0 Å². The van der Waals surface area contributed by atoms with Gasteiger partial charge in [-0.25, -0.2) is 9.97 Å². The normalized spacial score (nSPS) is 20.0. The zero-order chi connectivity index (χ0) is 25.2. The fraction of sp³-hybridized carbons (Fsp3) is 0.407. The van der Waals surface area contributed by atoms with Crippen LogP contribution in [-0.2, 0) is 9.59 Å². The van der Waals surface area contributed by atoms with Crippen molar-refractivity contribution in [1.29, 1.82) is 0 Å². The Morgan fingerprint density at radius 1 is 1.14 bits per heavy atom. The van der Waals surface area contributed by atoms with Gasteiger partial charge in [0.25, 0.3) is 0 Å². The van der Waals surface area contributed by atoms with Crippen LogP contribution < -0.4 is 10.2 Å². The van der Waals surface area contributed by atoms with Gasteiger partial charge in [-0.3, -0.25) is 19.6 Å². The summed E-state index contributed by atoms with van der Waals surface area (Å²) in [7, 11) is 0. The van der Waals surface area contributed by atoms with Crippen molar-refractivity contribution in [2.24, 2.45) is 0 Å². The van der Waals surface area contributed by atoms with Crippen LogP contribution in [0.1, 0.15) is 57.0 Å². The van der Waals surface area contributed by atoms with Crippen molar-refractivity contribution < 1.29 is 9.59 Å². The van der Waals surface area contributed by atoms with Gasteiger partial charge in [-0.2, -0.15) is 0 Å². The minimum absolute atomic E-state index is 0.0288. The Bertz CT molecular complexity index is 1290. The molecule has 0 aliphatic carbocycles. The number of carbonyl (C=O) groups excluding carboxylic acids is 2. The van der Waals surface area contributed by atoms with Crippen LogP contribution in [-0.4, -0.2) is 55.8 Å². The first-order valence-electron chi connectivity index (χ1n) is 12.5. The summed E-state index contributed by atoms with van der Waals surface area (Å²) in [6, 6.07) is 7.93. The number of pyridine rings is 2. The molecule has 5 heterocycles. The molecule has 2 saturated heterocycles. The van der Waals surface area contributed by atoms with E-state index in [9.17, 15) is 9.59 Å². The summed E-state index contributed by atoms with van der Waals surface area (Å²) >= 11 is 0. The Morgan fingerprint density at radius 2 is 2.00 bits per heavy atom. The standard InChI is InChI=1S/C27H31N7O2/c1-17-11-22(8-9-29-17)30-25-13-24(21-12-23(15-28-14-21)33-10-4-5-26(33)36)31-27(32-25)20-7-6-18(2)34(16-20)19(3)35/h8-9,11-15,18,20H,4-7,10,16H2,1-3H3,(H,29,30,31,32)/t18-,20+/m0/s1. The number of anilines is 3. The number of nitrogens with one attached hydrogen (secondary N) is 1. The fourth-order valence-electron chi connectivity index (χ4n) is 5.02. The first kappa shape index (κ1) is 23.8. The maximum atomic E-state index is 12.3. The van der Waals surface area contributed by atoms with E-state index in [1.165, 1.54) is 0 Å². The topological polar surface area (TPSA) is 104 Å². The van der Waals surface area contributed by atoms with Crippen LogP contribution in [0.15, 0.2) is 42.9 Å². The molecule has 0 spiro atoms. The average Bonchev–Trinajstić information content (AvgIpc) is 3.30. The number of rotatable bonds is 5. The summed E-state index contributed by atoms with van der Waals surface area (Å²) in [5, 5.41) is 3.40. The van der Waals surface area contributed by atoms with Gasteiger partial charge in [0.2, 0.25) is 11.8 Å². The number of hydrogen-bond donors (Lipinski definition) is 1. The molecule has 0 saturated carbocycles. The molecule has 9 nitrogen and oxygen atoms in total. The van der Waals surface area contributed by atoms with Crippen LogP contribution >= 0.6 is 0 Å². The SMILES string of the molecule is CC(=O)N1C[C@H](c2nc(Nc3ccnc(C)c3)cc(-c3cncc(N4CCCC4=O)c3)n2)CC[C@@H]1C. The van der Waals surface area contributed by atoms with Gasteiger partial charge >= 0.3 is 0 Å². The van der Waals surface area contributed by atoms with Crippen LogP contribution in [0.4, 0.5) is 17.2 Å². The predicted molar refractivity (Wildman–Crippen MR) is 138 cm³/mol. The summed E-state index contributed by atoms with van der Waals surface area (Å²) in [6.45, 7) is 6.94. The van der Waals surface area contributed by atoms with E-state index >= 15 is 0 Å². The Morgan fingerprint density at radius 3 is 2.75 bits per heavy atom. The lowest BCUT2D eigenvalue weighted by Gasteiger charge is -2.37. The largest absolute Gasteiger partial charge is 0.340 e. The van der Waals surface area contributed by atoms with Gasteiger partial charge in [-0.15, -0.1) is 0 Å². The Labute approximate surface area is 211 Å². The van der Waals surface area contributed by atoms with E-state index in [0.29, 0.717) is 31.2 Å². The van der Waals surface area contributed by atoms with Crippen LogP contribution in [0.25, 0.3) is 11.3 Å². The minimum atomic E-state index is 0.0288. The Balaban J connectivity index is 1.53. The molecule has 36 heavy (non-hydrogen) atoms. The van der Waals surface area contributed by atoms with E-state index in [4.69, 9.17) is 9.97 Å². The van der Waals surface area contributed by atoms with Crippen molar-refractivity contribution in [1.82, 2.24) is 24.8 Å². The monoisotopic (exact) mass is 485 g/mol. The number of carbonyl (C=O) groups is 2. The lowest BCUT2D eigenvalue weighted by Crippen LogP contribution is -2.44. The third kappa shape index (κ3) is 5.05. The number of hydrogen-bond acceptors (Lipinski definition) is 7. The maximum absolute atomic E-state index is 12.3. The molecule has 0 unspecified atom stereocenters. The van der Waals surface area contributed by atoms with Gasteiger partial charge in [0, 0.05) is 73.8 Å². The van der Waals surface area contributed by atoms with Gasteiger partial charge in [0.1, 0.15) is 11.6 Å². The summed E-state index contributed by atoms with van der Waals surface area (Å²) in [6.07, 6.45) is 8.47. The average molecular weight is 486 g/mol. The number of amides is 2. The second kappa shape index (κ2) is 10.0. The van der Waals surface area contributed by atoms with Crippen LogP contribution in [0.3, 0.4) is 0 Å². The highest BCUT2D eigenvalue weighted by molar-refractivity contribution is 5.95. The Hall–Kier alpha value is -3.88. The summed E-state index contributed by atoms with van der Waals surface area (Å²) < 4.78 is 0. The van der Waals surface area contributed by atoms with Gasteiger partial charge < -0.3 is 15.1 Å². The molecule has 3 aromatic heterocycles. The van der Waals surface area contributed by atoms with Gasteiger partial charge in [0.05, 0.1) is 17.6 Å². The Kier molecular flexibility index (Phi) is 6.63. The molecule has 2 atom stereocenters. The number of nitrogens with zero attached hydrogens (tertiary/aromatic N) is 6. The zero-order valence-electron chi connectivity index (χ0n) is 20.9. The van der Waals surface area contributed by atoms with Crippen LogP contribution in [0.5, 0.6) is 0 Å². The minimum Gasteiger partial charge on any atom is -0.340 e. The lowest BCUT2D eigenvalue weighted by atomic mass is 9.92. The number of likely N-dealkylation sites (tertiary alicyclic amines) is 1. The molecule has 2 amide bonds.